The number of aliphatic hydroxyl groups is 2. The first kappa shape index (κ1) is 28.2. The van der Waals surface area contributed by atoms with Gasteiger partial charge in [0, 0.05) is 13.1 Å². The molecule has 0 aromatic heterocycles. The normalized spacial score (nSPS) is 9.76. The van der Waals surface area contributed by atoms with Gasteiger partial charge < -0.3 is 30.6 Å². The standard InChI is InChI=1S/2C6H11NO5.Zn/c2*8-2-1-7(3-5(9)10)4-6(11)12;/h2*8H,1-4H2,(H,9,10)(H,11,12);/q;;+2. The average molecular weight is 420 g/mol. The molecule has 0 fully saturated rings. The molecule has 0 aromatic rings. The van der Waals surface area contributed by atoms with Gasteiger partial charge in [-0.2, -0.15) is 0 Å². The molecule has 0 radical (unpaired) electrons. The largest absolute Gasteiger partial charge is 2.00 e. The molecule has 25 heavy (non-hydrogen) atoms. The van der Waals surface area contributed by atoms with Crippen molar-refractivity contribution in [1.29, 1.82) is 0 Å². The molecule has 0 heterocycles. The molecule has 12 nitrogen and oxygen atoms in total. The quantitative estimate of drug-likeness (QED) is 0.174. The molecule has 0 aliphatic rings. The van der Waals surface area contributed by atoms with Gasteiger partial charge in [0.1, 0.15) is 0 Å². The predicted molar refractivity (Wildman–Crippen MR) is 77.6 cm³/mol. The van der Waals surface area contributed by atoms with E-state index in [4.69, 9.17) is 30.6 Å². The van der Waals surface area contributed by atoms with E-state index in [0.29, 0.717) is 0 Å². The van der Waals surface area contributed by atoms with Gasteiger partial charge in [-0.25, -0.2) is 0 Å². The SMILES string of the molecule is O=C(O)CN(CCO)CC(=O)O.O=C(O)CN(CCO)CC(=O)O.[Zn+2]. The van der Waals surface area contributed by atoms with E-state index in [2.05, 4.69) is 0 Å². The molecule has 0 aromatic carbocycles. The smallest absolute Gasteiger partial charge is 0.480 e. The van der Waals surface area contributed by atoms with Crippen LogP contribution in [0, 0.1) is 0 Å². The summed E-state index contributed by atoms with van der Waals surface area (Å²) < 4.78 is 0. The van der Waals surface area contributed by atoms with Gasteiger partial charge in [0.05, 0.1) is 39.4 Å². The number of hydrogen-bond donors (Lipinski definition) is 6. The molecule has 0 aliphatic heterocycles. The Morgan fingerprint density at radius 3 is 0.880 bits per heavy atom. The molecular formula is C12H22N2O10Zn+2. The van der Waals surface area contributed by atoms with Crippen LogP contribution in [0.2, 0.25) is 0 Å². The molecule has 6 N–H and O–H groups in total. The van der Waals surface area contributed by atoms with Crippen molar-refractivity contribution in [3.05, 3.63) is 0 Å². The molecule has 0 spiro atoms. The summed E-state index contributed by atoms with van der Waals surface area (Å²) in [7, 11) is 0. The zero-order chi connectivity index (χ0) is 19.1. The van der Waals surface area contributed by atoms with Gasteiger partial charge in [-0.05, 0) is 0 Å². The molecule has 140 valence electrons. The number of carboxylic acid groups (broad SMARTS) is 4. The minimum Gasteiger partial charge on any atom is -0.480 e. The summed E-state index contributed by atoms with van der Waals surface area (Å²) in [6.07, 6.45) is 0. The van der Waals surface area contributed by atoms with E-state index in [1.807, 2.05) is 0 Å². The molecule has 0 saturated carbocycles. The molecule has 0 amide bonds. The second kappa shape index (κ2) is 17.2. The Morgan fingerprint density at radius 1 is 0.560 bits per heavy atom. The van der Waals surface area contributed by atoms with E-state index < -0.39 is 23.9 Å². The Bertz CT molecular complexity index is 351. The van der Waals surface area contributed by atoms with E-state index >= 15 is 0 Å². The van der Waals surface area contributed by atoms with Crippen LogP contribution in [0.15, 0.2) is 0 Å². The topological polar surface area (TPSA) is 196 Å². The first-order chi connectivity index (χ1) is 11.1. The molecule has 0 aliphatic carbocycles. The molecule has 13 heteroatoms. The number of nitrogens with zero attached hydrogens (tertiary/aromatic N) is 2. The summed E-state index contributed by atoms with van der Waals surface area (Å²) in [5, 5.41) is 50.1. The molecule has 0 atom stereocenters. The summed E-state index contributed by atoms with van der Waals surface area (Å²) >= 11 is 0. The van der Waals surface area contributed by atoms with Crippen LogP contribution in [-0.2, 0) is 38.7 Å². The van der Waals surface area contributed by atoms with Crippen molar-refractivity contribution in [3.63, 3.8) is 0 Å². The Balaban J connectivity index is -0.000000372. The number of carboxylic acids is 4. The van der Waals surface area contributed by atoms with Crippen LogP contribution in [0.5, 0.6) is 0 Å². The van der Waals surface area contributed by atoms with Crippen molar-refractivity contribution in [1.82, 2.24) is 9.80 Å². The van der Waals surface area contributed by atoms with Crippen LogP contribution in [0.25, 0.3) is 0 Å². The van der Waals surface area contributed by atoms with E-state index in [9.17, 15) is 19.2 Å². The third-order valence-corrected chi connectivity index (χ3v) is 2.27. The van der Waals surface area contributed by atoms with E-state index in [1.54, 1.807) is 0 Å². The van der Waals surface area contributed by atoms with Crippen molar-refractivity contribution < 1.29 is 69.3 Å². The van der Waals surface area contributed by atoms with Crippen molar-refractivity contribution in [2.45, 2.75) is 0 Å². The molecular weight excluding hydrogens is 398 g/mol. The number of aliphatic carboxylic acids is 4. The number of carbonyl (C=O) groups is 4. The molecule has 0 unspecified atom stereocenters. The molecule has 0 bridgehead atoms. The molecule has 0 saturated heterocycles. The van der Waals surface area contributed by atoms with Crippen LogP contribution < -0.4 is 0 Å². The van der Waals surface area contributed by atoms with E-state index in [-0.39, 0.29) is 72.0 Å². The summed E-state index contributed by atoms with van der Waals surface area (Å²) in [5.41, 5.74) is 0. The fraction of sp³-hybridized carbons (Fsp3) is 0.667. The first-order valence-electron chi connectivity index (χ1n) is 6.65. The van der Waals surface area contributed by atoms with Crippen molar-refractivity contribution in [3.8, 4) is 0 Å². The van der Waals surface area contributed by atoms with Crippen molar-refractivity contribution in [2.24, 2.45) is 0 Å². The van der Waals surface area contributed by atoms with Gasteiger partial charge in [-0.15, -0.1) is 0 Å². The second-order valence-corrected chi connectivity index (χ2v) is 4.44. The monoisotopic (exact) mass is 418 g/mol. The van der Waals surface area contributed by atoms with Gasteiger partial charge in [-0.3, -0.25) is 29.0 Å². The summed E-state index contributed by atoms with van der Waals surface area (Å²) in [4.78, 5) is 42.9. The minimum atomic E-state index is -1.11. The van der Waals surface area contributed by atoms with Crippen LogP contribution >= 0.6 is 0 Å². The average Bonchev–Trinajstić information content (AvgIpc) is 2.36. The third-order valence-electron chi connectivity index (χ3n) is 2.27. The summed E-state index contributed by atoms with van der Waals surface area (Å²) in [6, 6.07) is 0. The van der Waals surface area contributed by atoms with Crippen LogP contribution in [-0.4, -0.2) is 117 Å². The van der Waals surface area contributed by atoms with Gasteiger partial charge in [0.25, 0.3) is 0 Å². The van der Waals surface area contributed by atoms with Gasteiger partial charge in [0.2, 0.25) is 0 Å². The zero-order valence-corrected chi connectivity index (χ0v) is 16.5. The maximum absolute atomic E-state index is 10.1. The van der Waals surface area contributed by atoms with Crippen molar-refractivity contribution in [2.75, 3.05) is 52.5 Å². The number of hydrogen-bond acceptors (Lipinski definition) is 8. The Labute approximate surface area is 156 Å². The maximum Gasteiger partial charge on any atom is 2.00 e. The zero-order valence-electron chi connectivity index (χ0n) is 13.6. The van der Waals surface area contributed by atoms with Gasteiger partial charge in [-0.1, -0.05) is 0 Å². The Kier molecular flexibility index (Phi) is 19.3. The molecule has 0 rings (SSSR count). The van der Waals surface area contributed by atoms with Crippen molar-refractivity contribution >= 4 is 23.9 Å². The second-order valence-electron chi connectivity index (χ2n) is 4.44. The third kappa shape index (κ3) is 22.3. The van der Waals surface area contributed by atoms with Gasteiger partial charge in [0.15, 0.2) is 0 Å². The number of rotatable bonds is 12. The fourth-order valence-corrected chi connectivity index (χ4v) is 1.48. The van der Waals surface area contributed by atoms with Gasteiger partial charge >= 0.3 is 43.4 Å². The Hall–Kier alpha value is -1.66. The van der Waals surface area contributed by atoms with Crippen LogP contribution in [0.1, 0.15) is 0 Å². The maximum atomic E-state index is 10.1. The Morgan fingerprint density at radius 2 is 0.760 bits per heavy atom. The van der Waals surface area contributed by atoms with E-state index in [1.165, 1.54) is 0 Å². The predicted octanol–water partition coefficient (Wildman–Crippen LogP) is -3.10. The van der Waals surface area contributed by atoms with Crippen LogP contribution in [0.3, 0.4) is 0 Å². The minimum absolute atomic E-state index is 0. The summed E-state index contributed by atoms with van der Waals surface area (Å²) in [5.74, 6) is -4.43. The first-order valence-corrected chi connectivity index (χ1v) is 6.65. The summed E-state index contributed by atoms with van der Waals surface area (Å²) in [6.45, 7) is -1.86. The number of aliphatic hydroxyl groups excluding tert-OH is 2. The van der Waals surface area contributed by atoms with E-state index in [0.717, 1.165) is 9.80 Å². The fourth-order valence-electron chi connectivity index (χ4n) is 1.48. The van der Waals surface area contributed by atoms with Crippen LogP contribution in [0.4, 0.5) is 0 Å².